The zero-order valence-electron chi connectivity index (χ0n) is 66.6. The van der Waals surface area contributed by atoms with Gasteiger partial charge in [0.1, 0.15) is 19.3 Å². The number of esters is 4. The lowest BCUT2D eigenvalue weighted by atomic mass is 9.99. The number of carbonyl (C=O) groups excluding carboxylic acids is 4. The van der Waals surface area contributed by atoms with Gasteiger partial charge in [-0.05, 0) is 69.1 Å². The fourth-order valence-electron chi connectivity index (χ4n) is 12.3. The SMILES string of the molecule is CCCCCC/C=C\C=C/CCCCCCCC(=O)O[C@H](COC(=O)CCCCCCCCCCCC(C)C)COP(=O)(O)OC[C@H](O)COP(=O)(O)OC[C@@H](COC(=O)CCCCCCCCCCCCCCCCC(C)C)OC(=O)CCCCCCCCCCCCCCCCC(C)CC. The van der Waals surface area contributed by atoms with Crippen LogP contribution < -0.4 is 0 Å². The third-order valence-corrected chi connectivity index (χ3v) is 21.0. The minimum atomic E-state index is -4.97. The van der Waals surface area contributed by atoms with Crippen molar-refractivity contribution < 1.29 is 80.2 Å². The molecule has 0 heterocycles. The molecule has 0 aliphatic rings. The topological polar surface area (TPSA) is 237 Å². The van der Waals surface area contributed by atoms with Gasteiger partial charge in [0.25, 0.3) is 0 Å². The molecule has 0 saturated carbocycles. The standard InChI is InChI=1S/C83H158O17P2/c1-8-10-11-12-13-14-15-16-17-25-30-37-45-52-59-66-82(87)100-79(71-94-81(86)65-58-51-44-39-32-34-41-48-55-62-75(5)6)73-98-102(91,92)96-69-77(84)68-95-101(89,90)97-72-78(70-93-80(85)64-57-50-43-36-29-24-20-18-22-27-33-40-47-54-61-74(3)4)99-83(88)67-60-53-46-38-31-26-21-19-23-28-35-42-49-56-63-76(7)9-2/h14-17,74-79,84H,8-13,18-73H2,1-7H3,(H,89,90)(H,91,92)/b15-14-,17-16-/t76?,77-,78-,79-/m1/s1. The normalized spacial score (nSPS) is 14.4. The zero-order valence-corrected chi connectivity index (χ0v) is 68.4. The van der Waals surface area contributed by atoms with E-state index in [0.29, 0.717) is 25.7 Å². The summed E-state index contributed by atoms with van der Waals surface area (Å²) in [6.45, 7) is 11.9. The highest BCUT2D eigenvalue weighted by molar-refractivity contribution is 7.47. The maximum absolute atomic E-state index is 13.1. The van der Waals surface area contributed by atoms with Crippen LogP contribution in [0.1, 0.15) is 408 Å². The number of aliphatic hydroxyl groups is 1. The van der Waals surface area contributed by atoms with Gasteiger partial charge in [0, 0.05) is 25.7 Å². The van der Waals surface area contributed by atoms with E-state index in [-0.39, 0.29) is 25.7 Å². The molecule has 0 aromatic rings. The fraction of sp³-hybridized carbons (Fsp3) is 0.904. The molecule has 102 heavy (non-hydrogen) atoms. The monoisotopic (exact) mass is 1490 g/mol. The summed E-state index contributed by atoms with van der Waals surface area (Å²) in [4.78, 5) is 73.1. The molecule has 0 aromatic carbocycles. The van der Waals surface area contributed by atoms with Crippen LogP contribution >= 0.6 is 15.6 Å². The molecular weight excluding hydrogens is 1330 g/mol. The predicted molar refractivity (Wildman–Crippen MR) is 418 cm³/mol. The Morgan fingerprint density at radius 3 is 0.873 bits per heavy atom. The number of aliphatic hydroxyl groups excluding tert-OH is 1. The minimum absolute atomic E-state index is 0.0846. The van der Waals surface area contributed by atoms with Gasteiger partial charge < -0.3 is 33.8 Å². The molecule has 602 valence electrons. The van der Waals surface area contributed by atoms with Crippen molar-refractivity contribution in [3.8, 4) is 0 Å². The summed E-state index contributed by atoms with van der Waals surface area (Å²) in [5.74, 6) is 0.245. The van der Waals surface area contributed by atoms with Crippen LogP contribution in [0.5, 0.6) is 0 Å². The van der Waals surface area contributed by atoms with Crippen molar-refractivity contribution in [1.29, 1.82) is 0 Å². The summed E-state index contributed by atoms with van der Waals surface area (Å²) < 4.78 is 68.8. The Balaban J connectivity index is 5.30. The summed E-state index contributed by atoms with van der Waals surface area (Å²) in [5, 5.41) is 10.7. The Kier molecular flexibility index (Phi) is 71.0. The van der Waals surface area contributed by atoms with E-state index in [9.17, 15) is 43.2 Å². The maximum Gasteiger partial charge on any atom is 0.472 e. The second-order valence-corrected chi connectivity index (χ2v) is 33.3. The van der Waals surface area contributed by atoms with Crippen LogP contribution in [0.2, 0.25) is 0 Å². The minimum Gasteiger partial charge on any atom is -0.462 e. The quantitative estimate of drug-likeness (QED) is 0.0169. The summed E-state index contributed by atoms with van der Waals surface area (Å²) >= 11 is 0. The Bertz CT molecular complexity index is 2070. The first-order valence-electron chi connectivity index (χ1n) is 42.2. The molecule has 6 atom stereocenters. The number of phosphoric ester groups is 2. The molecule has 0 saturated heterocycles. The average molecular weight is 1490 g/mol. The molecule has 19 heteroatoms. The molecule has 0 bridgehead atoms. The van der Waals surface area contributed by atoms with Gasteiger partial charge in [-0.2, -0.15) is 0 Å². The molecule has 0 aliphatic heterocycles. The Hall–Kier alpha value is -2.46. The van der Waals surface area contributed by atoms with Gasteiger partial charge in [-0.3, -0.25) is 37.3 Å². The molecule has 3 unspecified atom stereocenters. The Morgan fingerprint density at radius 1 is 0.324 bits per heavy atom. The summed E-state index contributed by atoms with van der Waals surface area (Å²) in [7, 11) is -9.94. The van der Waals surface area contributed by atoms with Crippen molar-refractivity contribution in [1.82, 2.24) is 0 Å². The molecule has 0 amide bonds. The molecule has 0 fully saturated rings. The number of carbonyl (C=O) groups is 4. The van der Waals surface area contributed by atoms with E-state index in [4.69, 9.17) is 37.0 Å². The van der Waals surface area contributed by atoms with E-state index in [1.54, 1.807) is 0 Å². The number of hydrogen-bond donors (Lipinski definition) is 3. The average Bonchev–Trinajstić information content (AvgIpc) is 0.913. The lowest BCUT2D eigenvalue weighted by Gasteiger charge is -2.21. The van der Waals surface area contributed by atoms with Crippen molar-refractivity contribution in [3.63, 3.8) is 0 Å². The molecule has 0 rings (SSSR count). The van der Waals surface area contributed by atoms with Crippen molar-refractivity contribution in [2.45, 2.75) is 426 Å². The van der Waals surface area contributed by atoms with E-state index in [1.807, 2.05) is 0 Å². The van der Waals surface area contributed by atoms with Gasteiger partial charge in [-0.15, -0.1) is 0 Å². The molecular formula is C83H158O17P2. The zero-order chi connectivity index (χ0) is 75.1. The lowest BCUT2D eigenvalue weighted by molar-refractivity contribution is -0.161. The molecule has 0 spiro atoms. The van der Waals surface area contributed by atoms with Crippen LogP contribution in [0.3, 0.4) is 0 Å². The predicted octanol–water partition coefficient (Wildman–Crippen LogP) is 24.5. The second kappa shape index (κ2) is 72.7. The summed E-state index contributed by atoms with van der Waals surface area (Å²) in [6, 6.07) is 0. The lowest BCUT2D eigenvalue weighted by Crippen LogP contribution is -2.30. The Labute approximate surface area is 624 Å². The van der Waals surface area contributed by atoms with Crippen LogP contribution in [0.4, 0.5) is 0 Å². The van der Waals surface area contributed by atoms with Gasteiger partial charge in [0.15, 0.2) is 12.2 Å². The number of phosphoric acid groups is 2. The van der Waals surface area contributed by atoms with E-state index in [0.717, 1.165) is 120 Å². The molecule has 0 radical (unpaired) electrons. The van der Waals surface area contributed by atoms with Crippen molar-refractivity contribution in [3.05, 3.63) is 24.3 Å². The highest BCUT2D eigenvalue weighted by Gasteiger charge is 2.30. The smallest absolute Gasteiger partial charge is 0.462 e. The summed E-state index contributed by atoms with van der Waals surface area (Å²) in [6.07, 6.45) is 64.5. The highest BCUT2D eigenvalue weighted by atomic mass is 31.2. The maximum atomic E-state index is 13.1. The van der Waals surface area contributed by atoms with Gasteiger partial charge in [-0.1, -0.05) is 355 Å². The van der Waals surface area contributed by atoms with Crippen molar-refractivity contribution in [2.24, 2.45) is 17.8 Å². The van der Waals surface area contributed by atoms with E-state index in [1.165, 1.54) is 205 Å². The van der Waals surface area contributed by atoms with Crippen LogP contribution in [-0.2, 0) is 65.4 Å². The Morgan fingerprint density at radius 2 is 0.578 bits per heavy atom. The van der Waals surface area contributed by atoms with Crippen LogP contribution in [0.25, 0.3) is 0 Å². The highest BCUT2D eigenvalue weighted by Crippen LogP contribution is 2.45. The van der Waals surface area contributed by atoms with Crippen molar-refractivity contribution in [2.75, 3.05) is 39.6 Å². The molecule has 0 aromatic heterocycles. The molecule has 0 aliphatic carbocycles. The van der Waals surface area contributed by atoms with Gasteiger partial charge >= 0.3 is 39.5 Å². The first kappa shape index (κ1) is 99.5. The fourth-order valence-corrected chi connectivity index (χ4v) is 13.8. The van der Waals surface area contributed by atoms with Crippen LogP contribution in [0.15, 0.2) is 24.3 Å². The van der Waals surface area contributed by atoms with E-state index in [2.05, 4.69) is 72.8 Å². The van der Waals surface area contributed by atoms with Crippen LogP contribution in [-0.4, -0.2) is 96.7 Å². The van der Waals surface area contributed by atoms with E-state index >= 15 is 0 Å². The number of unbranched alkanes of at least 4 members (excludes halogenated alkanes) is 43. The van der Waals surface area contributed by atoms with E-state index < -0.39 is 97.5 Å². The van der Waals surface area contributed by atoms with Gasteiger partial charge in [0.05, 0.1) is 26.4 Å². The van der Waals surface area contributed by atoms with Crippen LogP contribution in [0, 0.1) is 17.8 Å². The number of rotatable bonds is 79. The third kappa shape index (κ3) is 74.4. The second-order valence-electron chi connectivity index (χ2n) is 30.4. The first-order chi connectivity index (χ1) is 49.3. The molecule has 17 nitrogen and oxygen atoms in total. The number of allylic oxidation sites excluding steroid dienone is 4. The number of ether oxygens (including phenoxy) is 4. The number of hydrogen-bond acceptors (Lipinski definition) is 15. The largest absolute Gasteiger partial charge is 0.472 e. The van der Waals surface area contributed by atoms with Gasteiger partial charge in [-0.25, -0.2) is 9.13 Å². The van der Waals surface area contributed by atoms with Crippen molar-refractivity contribution >= 4 is 39.5 Å². The van der Waals surface area contributed by atoms with Gasteiger partial charge in [0.2, 0.25) is 0 Å². The summed E-state index contributed by atoms with van der Waals surface area (Å²) in [5.41, 5.74) is 0. The molecule has 3 N–H and O–H groups in total. The third-order valence-electron chi connectivity index (χ3n) is 19.1. The first-order valence-corrected chi connectivity index (χ1v) is 45.2.